The smallest absolute Gasteiger partial charge is 0.433 e. The lowest BCUT2D eigenvalue weighted by molar-refractivity contribution is -0.141. The van der Waals surface area contributed by atoms with Crippen molar-refractivity contribution < 1.29 is 27.5 Å². The van der Waals surface area contributed by atoms with E-state index in [2.05, 4.69) is 9.72 Å². The van der Waals surface area contributed by atoms with Crippen molar-refractivity contribution in [2.75, 3.05) is 25.1 Å². The van der Waals surface area contributed by atoms with E-state index in [-0.39, 0.29) is 17.9 Å². The van der Waals surface area contributed by atoms with Gasteiger partial charge in [-0.1, -0.05) is 0 Å². The Hall–Kier alpha value is -2.32. The van der Waals surface area contributed by atoms with Crippen molar-refractivity contribution in [1.82, 2.24) is 4.98 Å². The molecule has 1 saturated heterocycles. The van der Waals surface area contributed by atoms with Crippen LogP contribution in [0.2, 0.25) is 0 Å². The van der Waals surface area contributed by atoms with Gasteiger partial charge in [-0.3, -0.25) is 4.79 Å². The summed E-state index contributed by atoms with van der Waals surface area (Å²) in [5.74, 6) is -1.95. The second kappa shape index (κ2) is 6.43. The Bertz CT molecular complexity index is 619. The molecule has 2 heterocycles. The normalized spacial score (nSPS) is 18.6. The third kappa shape index (κ3) is 3.72. The summed E-state index contributed by atoms with van der Waals surface area (Å²) < 4.78 is 43.2. The highest BCUT2D eigenvalue weighted by molar-refractivity contribution is 5.95. The summed E-state index contributed by atoms with van der Waals surface area (Å²) in [5.41, 5.74) is 4.09. The number of rotatable bonds is 3. The minimum atomic E-state index is -4.64. The third-order valence-electron chi connectivity index (χ3n) is 3.69. The number of nitrogens with two attached hydrogens (primary N) is 1. The van der Waals surface area contributed by atoms with Crippen molar-refractivity contribution in [3.8, 4) is 0 Å². The van der Waals surface area contributed by atoms with E-state index in [0.29, 0.717) is 19.4 Å². The number of pyridine rings is 1. The molecule has 0 radical (unpaired) electrons. The second-order valence-electron chi connectivity index (χ2n) is 5.24. The van der Waals surface area contributed by atoms with Gasteiger partial charge in [-0.25, -0.2) is 9.78 Å². The highest BCUT2D eigenvalue weighted by Crippen LogP contribution is 2.32. The van der Waals surface area contributed by atoms with Crippen molar-refractivity contribution in [3.63, 3.8) is 0 Å². The van der Waals surface area contributed by atoms with Crippen LogP contribution in [0, 0.1) is 5.92 Å². The molecular weight excluding hydrogens is 315 g/mol. The third-order valence-corrected chi connectivity index (χ3v) is 3.69. The molecule has 1 aliphatic rings. The summed E-state index contributed by atoms with van der Waals surface area (Å²) in [6, 6.07) is 1.76. The molecule has 0 aromatic carbocycles. The SMILES string of the molecule is COC(=O)c1ccc(C(F)(F)F)nc1N1CCCC(C(N)=O)C1. The van der Waals surface area contributed by atoms with Gasteiger partial charge in [-0.15, -0.1) is 0 Å². The van der Waals surface area contributed by atoms with Crippen molar-refractivity contribution in [2.24, 2.45) is 11.7 Å². The number of carbonyl (C=O) groups excluding carboxylic acids is 2. The van der Waals surface area contributed by atoms with Gasteiger partial charge in [-0.2, -0.15) is 13.2 Å². The maximum absolute atomic E-state index is 12.9. The largest absolute Gasteiger partial charge is 0.465 e. The fourth-order valence-corrected chi connectivity index (χ4v) is 2.52. The molecule has 1 amide bonds. The van der Waals surface area contributed by atoms with Crippen LogP contribution in [0.25, 0.3) is 0 Å². The number of nitrogens with zero attached hydrogens (tertiary/aromatic N) is 2. The zero-order valence-electron chi connectivity index (χ0n) is 12.4. The first-order valence-corrected chi connectivity index (χ1v) is 6.95. The zero-order valence-corrected chi connectivity index (χ0v) is 12.4. The van der Waals surface area contributed by atoms with Gasteiger partial charge in [0.2, 0.25) is 5.91 Å². The van der Waals surface area contributed by atoms with Crippen molar-refractivity contribution >= 4 is 17.7 Å². The standard InChI is InChI=1S/C14H16F3N3O3/c1-23-13(22)9-4-5-10(14(15,16)17)19-12(9)20-6-2-3-8(7-20)11(18)21/h4-5,8H,2-3,6-7H2,1H3,(H2,18,21). The van der Waals surface area contributed by atoms with E-state index >= 15 is 0 Å². The molecule has 0 saturated carbocycles. The van der Waals surface area contributed by atoms with Gasteiger partial charge in [0.1, 0.15) is 17.1 Å². The Kier molecular flexibility index (Phi) is 4.76. The predicted molar refractivity (Wildman–Crippen MR) is 74.7 cm³/mol. The summed E-state index contributed by atoms with van der Waals surface area (Å²) in [7, 11) is 1.13. The quantitative estimate of drug-likeness (QED) is 0.850. The van der Waals surface area contributed by atoms with Crippen LogP contribution in [0.1, 0.15) is 28.9 Å². The van der Waals surface area contributed by atoms with Gasteiger partial charge < -0.3 is 15.4 Å². The number of alkyl halides is 3. The molecule has 9 heteroatoms. The molecular formula is C14H16F3N3O3. The maximum Gasteiger partial charge on any atom is 0.433 e. The van der Waals surface area contributed by atoms with Crippen LogP contribution in [0.4, 0.5) is 19.0 Å². The highest BCUT2D eigenvalue weighted by atomic mass is 19.4. The Morgan fingerprint density at radius 2 is 2.09 bits per heavy atom. The predicted octanol–water partition coefficient (Wildman–Crippen LogP) is 1.59. The number of primary amides is 1. The van der Waals surface area contributed by atoms with Gasteiger partial charge in [0.05, 0.1) is 13.0 Å². The molecule has 2 rings (SSSR count). The van der Waals surface area contributed by atoms with Gasteiger partial charge in [0.25, 0.3) is 0 Å². The van der Waals surface area contributed by atoms with Gasteiger partial charge >= 0.3 is 12.1 Å². The van der Waals surface area contributed by atoms with Crippen LogP contribution in [-0.4, -0.2) is 37.1 Å². The molecule has 1 fully saturated rings. The number of piperidine rings is 1. The van der Waals surface area contributed by atoms with Crippen LogP contribution in [0.3, 0.4) is 0 Å². The average molecular weight is 331 g/mol. The van der Waals surface area contributed by atoms with Crippen LogP contribution < -0.4 is 10.6 Å². The number of carbonyl (C=O) groups is 2. The summed E-state index contributed by atoms with van der Waals surface area (Å²) in [6.45, 7) is 0.496. The van der Waals surface area contributed by atoms with Crippen LogP contribution in [-0.2, 0) is 15.7 Å². The van der Waals surface area contributed by atoms with Crippen molar-refractivity contribution in [1.29, 1.82) is 0 Å². The number of amides is 1. The average Bonchev–Trinajstić information content (AvgIpc) is 2.52. The number of anilines is 1. The van der Waals surface area contributed by atoms with E-state index in [9.17, 15) is 22.8 Å². The van der Waals surface area contributed by atoms with E-state index in [0.717, 1.165) is 19.2 Å². The minimum Gasteiger partial charge on any atom is -0.465 e. The Morgan fingerprint density at radius 3 is 2.65 bits per heavy atom. The fourth-order valence-electron chi connectivity index (χ4n) is 2.52. The van der Waals surface area contributed by atoms with E-state index in [4.69, 9.17) is 5.73 Å². The number of hydrogen-bond acceptors (Lipinski definition) is 5. The number of halogens is 3. The summed E-state index contributed by atoms with van der Waals surface area (Å²) >= 11 is 0. The van der Waals surface area contributed by atoms with E-state index in [1.165, 1.54) is 4.90 Å². The first-order valence-electron chi connectivity index (χ1n) is 6.95. The second-order valence-corrected chi connectivity index (χ2v) is 5.24. The molecule has 6 nitrogen and oxygen atoms in total. The van der Waals surface area contributed by atoms with E-state index < -0.39 is 29.7 Å². The van der Waals surface area contributed by atoms with Crippen LogP contribution in [0.15, 0.2) is 12.1 Å². The topological polar surface area (TPSA) is 85.5 Å². The number of methoxy groups -OCH3 is 1. The molecule has 2 N–H and O–H groups in total. The van der Waals surface area contributed by atoms with Gasteiger partial charge in [-0.05, 0) is 25.0 Å². The van der Waals surface area contributed by atoms with Crippen LogP contribution >= 0.6 is 0 Å². The number of hydrogen-bond donors (Lipinski definition) is 1. The molecule has 0 bridgehead atoms. The van der Waals surface area contributed by atoms with Gasteiger partial charge in [0, 0.05) is 13.1 Å². The van der Waals surface area contributed by atoms with Crippen molar-refractivity contribution in [3.05, 3.63) is 23.4 Å². The number of esters is 1. The molecule has 1 aliphatic heterocycles. The molecule has 1 atom stereocenters. The molecule has 1 aromatic rings. The fraction of sp³-hybridized carbons (Fsp3) is 0.500. The first kappa shape index (κ1) is 17.0. The molecule has 126 valence electrons. The van der Waals surface area contributed by atoms with E-state index in [1.807, 2.05) is 0 Å². The van der Waals surface area contributed by atoms with Crippen molar-refractivity contribution in [2.45, 2.75) is 19.0 Å². The summed E-state index contributed by atoms with van der Waals surface area (Å²) in [4.78, 5) is 28.2. The lowest BCUT2D eigenvalue weighted by Gasteiger charge is -2.33. The molecule has 1 unspecified atom stereocenters. The first-order chi connectivity index (χ1) is 10.7. The lowest BCUT2D eigenvalue weighted by Crippen LogP contribution is -2.42. The molecule has 1 aromatic heterocycles. The Balaban J connectivity index is 2.44. The maximum atomic E-state index is 12.9. The minimum absolute atomic E-state index is 0.0781. The summed E-state index contributed by atoms with van der Waals surface area (Å²) in [5, 5.41) is 0. The molecule has 23 heavy (non-hydrogen) atoms. The summed E-state index contributed by atoms with van der Waals surface area (Å²) in [6.07, 6.45) is -3.52. The van der Waals surface area contributed by atoms with Gasteiger partial charge in [0.15, 0.2) is 0 Å². The van der Waals surface area contributed by atoms with E-state index in [1.54, 1.807) is 0 Å². The monoisotopic (exact) mass is 331 g/mol. The lowest BCUT2D eigenvalue weighted by atomic mass is 9.97. The zero-order chi connectivity index (χ0) is 17.2. The number of aromatic nitrogens is 1. The molecule has 0 spiro atoms. The molecule has 0 aliphatic carbocycles. The van der Waals surface area contributed by atoms with Crippen LogP contribution in [0.5, 0.6) is 0 Å². The highest BCUT2D eigenvalue weighted by Gasteiger charge is 2.35. The number of ether oxygens (including phenoxy) is 1. The Morgan fingerprint density at radius 1 is 1.39 bits per heavy atom. The Labute approximate surface area is 130 Å².